The van der Waals surface area contributed by atoms with Gasteiger partial charge in [0.1, 0.15) is 0 Å². The summed E-state index contributed by atoms with van der Waals surface area (Å²) in [7, 11) is 0. The summed E-state index contributed by atoms with van der Waals surface area (Å²) in [5.74, 6) is -0.855. The number of hydrogen-bond donors (Lipinski definition) is 1. The van der Waals surface area contributed by atoms with Crippen molar-refractivity contribution in [3.63, 3.8) is 0 Å². The van der Waals surface area contributed by atoms with Crippen molar-refractivity contribution in [2.75, 3.05) is 23.4 Å². The van der Waals surface area contributed by atoms with Gasteiger partial charge in [0, 0.05) is 24.0 Å². The van der Waals surface area contributed by atoms with Gasteiger partial charge in [0.05, 0.1) is 12.1 Å². The van der Waals surface area contributed by atoms with Crippen molar-refractivity contribution in [3.05, 3.63) is 40.9 Å². The predicted octanol–water partition coefficient (Wildman–Crippen LogP) is 2.56. The summed E-state index contributed by atoms with van der Waals surface area (Å²) >= 11 is 1.33. The van der Waals surface area contributed by atoms with Crippen LogP contribution in [0.2, 0.25) is 0 Å². The molecule has 1 N–H and O–H groups in total. The Morgan fingerprint density at radius 2 is 2.15 bits per heavy atom. The maximum absolute atomic E-state index is 12.0. The Balaban J connectivity index is 1.47. The molecule has 3 rings (SSSR count). The molecule has 0 spiro atoms. The number of rotatable bonds is 7. The molecule has 8 heteroatoms. The number of aromatic nitrogens is 1. The number of anilines is 2. The van der Waals surface area contributed by atoms with E-state index < -0.39 is 5.97 Å². The van der Waals surface area contributed by atoms with Gasteiger partial charge in [-0.1, -0.05) is 25.1 Å². The number of nitrogens with one attached hydrogen (secondary N) is 1. The summed E-state index contributed by atoms with van der Waals surface area (Å²) in [6.07, 6.45) is 2.12. The SMILES string of the molecule is CCc1ccccc1NC(=O)COC(=O)Cc1csc(N2CCCC2=O)n1. The monoisotopic (exact) mass is 387 g/mol. The summed E-state index contributed by atoms with van der Waals surface area (Å²) in [4.78, 5) is 41.7. The first-order chi connectivity index (χ1) is 13.1. The number of hydrogen-bond acceptors (Lipinski definition) is 6. The van der Waals surface area contributed by atoms with E-state index in [9.17, 15) is 14.4 Å². The van der Waals surface area contributed by atoms with Crippen LogP contribution >= 0.6 is 11.3 Å². The fourth-order valence-electron chi connectivity index (χ4n) is 2.83. The zero-order valence-electron chi connectivity index (χ0n) is 15.1. The summed E-state index contributed by atoms with van der Waals surface area (Å²) < 4.78 is 5.04. The third-order valence-electron chi connectivity index (χ3n) is 4.21. The Hall–Kier alpha value is -2.74. The highest BCUT2D eigenvalue weighted by Crippen LogP contribution is 2.25. The van der Waals surface area contributed by atoms with E-state index in [1.54, 1.807) is 10.3 Å². The van der Waals surface area contributed by atoms with Crippen LogP contribution in [0.15, 0.2) is 29.6 Å². The van der Waals surface area contributed by atoms with Crippen molar-refractivity contribution >= 4 is 39.9 Å². The lowest BCUT2D eigenvalue weighted by Gasteiger charge is -2.10. The van der Waals surface area contributed by atoms with Crippen molar-refractivity contribution < 1.29 is 19.1 Å². The van der Waals surface area contributed by atoms with E-state index in [4.69, 9.17) is 4.74 Å². The van der Waals surface area contributed by atoms with Crippen LogP contribution in [0.4, 0.5) is 10.8 Å². The van der Waals surface area contributed by atoms with Crippen LogP contribution in [-0.2, 0) is 32.0 Å². The minimum Gasteiger partial charge on any atom is -0.455 e. The van der Waals surface area contributed by atoms with E-state index in [0.717, 1.165) is 24.1 Å². The molecular weight excluding hydrogens is 366 g/mol. The number of esters is 1. The molecule has 2 amide bonds. The molecule has 0 radical (unpaired) electrons. The second-order valence-corrected chi connectivity index (χ2v) is 7.00. The van der Waals surface area contributed by atoms with Gasteiger partial charge in [-0.05, 0) is 24.5 Å². The van der Waals surface area contributed by atoms with E-state index in [1.165, 1.54) is 11.3 Å². The number of para-hydroxylation sites is 1. The second-order valence-electron chi connectivity index (χ2n) is 6.17. The van der Waals surface area contributed by atoms with Crippen LogP contribution in [0, 0.1) is 0 Å². The third-order valence-corrected chi connectivity index (χ3v) is 5.12. The Labute approximate surface area is 161 Å². The van der Waals surface area contributed by atoms with E-state index in [1.807, 2.05) is 31.2 Å². The third kappa shape index (κ3) is 4.91. The summed E-state index contributed by atoms with van der Waals surface area (Å²) in [5.41, 5.74) is 2.28. The molecule has 1 aromatic heterocycles. The van der Waals surface area contributed by atoms with Crippen LogP contribution in [0.5, 0.6) is 0 Å². The van der Waals surface area contributed by atoms with Crippen LogP contribution in [-0.4, -0.2) is 35.9 Å². The van der Waals surface area contributed by atoms with Gasteiger partial charge in [-0.2, -0.15) is 0 Å². The first-order valence-electron chi connectivity index (χ1n) is 8.85. The quantitative estimate of drug-likeness (QED) is 0.738. The fraction of sp³-hybridized carbons (Fsp3) is 0.368. The molecule has 1 saturated heterocycles. The van der Waals surface area contributed by atoms with Gasteiger partial charge in [0.15, 0.2) is 11.7 Å². The highest BCUT2D eigenvalue weighted by atomic mass is 32.1. The first-order valence-corrected chi connectivity index (χ1v) is 9.73. The zero-order chi connectivity index (χ0) is 19.2. The number of carbonyl (C=O) groups excluding carboxylic acids is 3. The molecule has 0 unspecified atom stereocenters. The average Bonchev–Trinajstić information content (AvgIpc) is 3.29. The lowest BCUT2D eigenvalue weighted by Crippen LogP contribution is -2.24. The van der Waals surface area contributed by atoms with Crippen LogP contribution in [0.25, 0.3) is 0 Å². The van der Waals surface area contributed by atoms with Crippen LogP contribution in [0.1, 0.15) is 31.0 Å². The molecule has 7 nitrogen and oxygen atoms in total. The van der Waals surface area contributed by atoms with E-state index in [0.29, 0.717) is 23.8 Å². The van der Waals surface area contributed by atoms with Gasteiger partial charge in [0.25, 0.3) is 5.91 Å². The summed E-state index contributed by atoms with van der Waals surface area (Å²) in [6, 6.07) is 7.50. The Morgan fingerprint density at radius 3 is 2.89 bits per heavy atom. The minimum atomic E-state index is -0.529. The lowest BCUT2D eigenvalue weighted by atomic mass is 10.1. The molecule has 1 fully saturated rings. The van der Waals surface area contributed by atoms with Crippen molar-refractivity contribution in [2.45, 2.75) is 32.6 Å². The molecule has 0 bridgehead atoms. The Kier molecular flexibility index (Phi) is 6.18. The van der Waals surface area contributed by atoms with E-state index >= 15 is 0 Å². The topological polar surface area (TPSA) is 88.6 Å². The Morgan fingerprint density at radius 1 is 1.33 bits per heavy atom. The smallest absolute Gasteiger partial charge is 0.312 e. The number of nitrogens with zero attached hydrogens (tertiary/aromatic N) is 2. The normalized spacial score (nSPS) is 13.7. The van der Waals surface area contributed by atoms with E-state index in [-0.39, 0.29) is 24.8 Å². The van der Waals surface area contributed by atoms with Crippen molar-refractivity contribution in [1.29, 1.82) is 0 Å². The number of aryl methyl sites for hydroxylation is 1. The Bertz CT molecular complexity index is 849. The highest BCUT2D eigenvalue weighted by molar-refractivity contribution is 7.14. The van der Waals surface area contributed by atoms with Gasteiger partial charge >= 0.3 is 5.97 Å². The largest absolute Gasteiger partial charge is 0.455 e. The number of benzene rings is 1. The number of ether oxygens (including phenoxy) is 1. The molecular formula is C19H21N3O4S. The molecule has 1 aliphatic rings. The highest BCUT2D eigenvalue weighted by Gasteiger charge is 2.24. The standard InChI is InChI=1S/C19H21N3O4S/c1-2-13-6-3-4-7-15(13)21-16(23)11-26-18(25)10-14-12-27-19(20-14)22-9-5-8-17(22)24/h3-4,6-7,12H,2,5,8-11H2,1H3,(H,21,23). The number of amides is 2. The number of thiazole rings is 1. The molecule has 2 aromatic rings. The number of carbonyl (C=O) groups is 3. The average molecular weight is 387 g/mol. The lowest BCUT2D eigenvalue weighted by molar-refractivity contribution is -0.146. The van der Waals surface area contributed by atoms with Gasteiger partial charge < -0.3 is 10.1 Å². The van der Waals surface area contributed by atoms with Gasteiger partial charge in [-0.15, -0.1) is 11.3 Å². The van der Waals surface area contributed by atoms with Crippen molar-refractivity contribution in [2.24, 2.45) is 0 Å². The summed E-state index contributed by atoms with van der Waals surface area (Å²) in [5, 5.41) is 5.09. The van der Waals surface area contributed by atoms with Crippen LogP contribution in [0.3, 0.4) is 0 Å². The van der Waals surface area contributed by atoms with Crippen LogP contribution < -0.4 is 10.2 Å². The zero-order valence-corrected chi connectivity index (χ0v) is 15.9. The molecule has 27 heavy (non-hydrogen) atoms. The molecule has 1 aliphatic heterocycles. The first kappa shape index (κ1) is 19.0. The van der Waals surface area contributed by atoms with Gasteiger partial charge in [-0.25, -0.2) is 4.98 Å². The van der Waals surface area contributed by atoms with Crippen molar-refractivity contribution in [1.82, 2.24) is 4.98 Å². The predicted molar refractivity (Wildman–Crippen MR) is 103 cm³/mol. The molecule has 142 valence electrons. The maximum Gasteiger partial charge on any atom is 0.312 e. The molecule has 1 aromatic carbocycles. The van der Waals surface area contributed by atoms with Crippen molar-refractivity contribution in [3.8, 4) is 0 Å². The molecule has 0 saturated carbocycles. The molecule has 0 atom stereocenters. The minimum absolute atomic E-state index is 0.0304. The maximum atomic E-state index is 12.0. The fourth-order valence-corrected chi connectivity index (χ4v) is 3.70. The molecule has 0 aliphatic carbocycles. The van der Waals surface area contributed by atoms with E-state index in [2.05, 4.69) is 10.3 Å². The van der Waals surface area contributed by atoms with Gasteiger partial charge in [0.2, 0.25) is 5.91 Å². The van der Waals surface area contributed by atoms with Gasteiger partial charge in [-0.3, -0.25) is 19.3 Å². The second kappa shape index (κ2) is 8.77. The summed E-state index contributed by atoms with van der Waals surface area (Å²) in [6.45, 7) is 2.32. The molecule has 2 heterocycles.